The lowest BCUT2D eigenvalue weighted by Crippen LogP contribution is -2.41. The number of aromatic carboxylic acids is 1. The van der Waals surface area contributed by atoms with Gasteiger partial charge in [-0.15, -0.1) is 0 Å². The van der Waals surface area contributed by atoms with Crippen LogP contribution in [0.4, 0.5) is 10.5 Å². The van der Waals surface area contributed by atoms with Crippen molar-refractivity contribution in [2.24, 2.45) is 0 Å². The van der Waals surface area contributed by atoms with Crippen molar-refractivity contribution in [1.82, 2.24) is 4.98 Å². The van der Waals surface area contributed by atoms with E-state index in [4.69, 9.17) is 14.6 Å². The van der Waals surface area contributed by atoms with Gasteiger partial charge in [0.05, 0.1) is 12.8 Å². The third-order valence-electron chi connectivity index (χ3n) is 5.44. The van der Waals surface area contributed by atoms with Gasteiger partial charge in [0.2, 0.25) is 0 Å². The number of carbonyl (C=O) groups is 2. The molecule has 0 atom stereocenters. The van der Waals surface area contributed by atoms with E-state index in [2.05, 4.69) is 16.8 Å². The topological polar surface area (TPSA) is 123 Å². The molecule has 198 valence electrons. The van der Waals surface area contributed by atoms with Crippen LogP contribution >= 0.6 is 0 Å². The van der Waals surface area contributed by atoms with Gasteiger partial charge < -0.3 is 14.6 Å². The Labute approximate surface area is 222 Å². The average Bonchev–Trinajstić information content (AvgIpc) is 2.85. The number of nitrogens with zero attached hydrogens (tertiary/aromatic N) is 2. The van der Waals surface area contributed by atoms with E-state index in [1.807, 2.05) is 0 Å². The van der Waals surface area contributed by atoms with E-state index in [1.54, 1.807) is 46.8 Å². The zero-order valence-corrected chi connectivity index (χ0v) is 22.7. The van der Waals surface area contributed by atoms with Gasteiger partial charge in [0.15, 0.2) is 0 Å². The van der Waals surface area contributed by atoms with Gasteiger partial charge in [-0.3, -0.25) is 0 Å². The van der Waals surface area contributed by atoms with E-state index >= 15 is 0 Å². The number of methoxy groups -OCH3 is 1. The quantitative estimate of drug-likeness (QED) is 0.455. The number of hydrogen-bond donors (Lipinski definition) is 1. The Morgan fingerprint density at radius 3 is 2.24 bits per heavy atom. The maximum absolute atomic E-state index is 14.1. The molecule has 0 radical (unpaired) electrons. The highest BCUT2D eigenvalue weighted by Crippen LogP contribution is 2.35. The number of anilines is 1. The Morgan fingerprint density at radius 2 is 1.66 bits per heavy atom. The van der Waals surface area contributed by atoms with Gasteiger partial charge >= 0.3 is 12.1 Å². The number of ether oxygens (including phenoxy) is 2. The molecule has 1 amide bonds. The number of pyridine rings is 1. The molecule has 0 aliphatic carbocycles. The summed E-state index contributed by atoms with van der Waals surface area (Å²) in [5, 5.41) is 9.02. The number of carbonyl (C=O) groups excluding carboxylic acids is 1. The molecule has 1 heterocycles. The van der Waals surface area contributed by atoms with Crippen molar-refractivity contribution in [2.75, 3.05) is 11.4 Å². The predicted octanol–water partition coefficient (Wildman–Crippen LogP) is 4.94. The lowest BCUT2D eigenvalue weighted by Gasteiger charge is -2.29. The molecule has 38 heavy (non-hydrogen) atoms. The van der Waals surface area contributed by atoms with Crippen LogP contribution in [-0.4, -0.2) is 43.3 Å². The third kappa shape index (κ3) is 6.12. The largest absolute Gasteiger partial charge is 0.496 e. The SMILES string of the molecule is COc1ccc(N(C(=O)OC(C)(C)C)S(=O)(=O)c2ccccc2C#Cc2ccc(C(=O)O)nc2)c(C)c1C. The third-order valence-corrected chi connectivity index (χ3v) is 7.17. The van der Waals surface area contributed by atoms with E-state index in [-0.39, 0.29) is 21.8 Å². The summed E-state index contributed by atoms with van der Waals surface area (Å²) in [7, 11) is -3.01. The molecule has 3 rings (SSSR count). The van der Waals surface area contributed by atoms with Crippen LogP contribution in [0.2, 0.25) is 0 Å². The zero-order valence-electron chi connectivity index (χ0n) is 21.9. The van der Waals surface area contributed by atoms with Gasteiger partial charge in [-0.1, -0.05) is 24.0 Å². The molecular weight excluding hydrogens is 508 g/mol. The van der Waals surface area contributed by atoms with Crippen LogP contribution in [-0.2, 0) is 14.8 Å². The number of aromatic nitrogens is 1. The fourth-order valence-electron chi connectivity index (χ4n) is 3.48. The smallest absolute Gasteiger partial charge is 0.429 e. The summed E-state index contributed by atoms with van der Waals surface area (Å²) >= 11 is 0. The first-order valence-electron chi connectivity index (χ1n) is 11.5. The standard InChI is InChI=1S/C28H28N2O7S/c1-18-19(2)24(36-6)16-15-23(18)30(27(33)37-28(3,4)5)38(34,35)25-10-8-7-9-21(25)13-11-20-12-14-22(26(31)32)29-17-20/h7-10,12,14-17H,1-6H3,(H,31,32). The van der Waals surface area contributed by atoms with Gasteiger partial charge in [-0.25, -0.2) is 23.0 Å². The number of rotatable bonds is 5. The highest BCUT2D eigenvalue weighted by Gasteiger charge is 2.37. The lowest BCUT2D eigenvalue weighted by atomic mass is 10.1. The van der Waals surface area contributed by atoms with Crippen LogP contribution in [0.25, 0.3) is 0 Å². The summed E-state index contributed by atoms with van der Waals surface area (Å²) < 4.78 is 39.6. The fourth-order valence-corrected chi connectivity index (χ4v) is 5.01. The fraction of sp³-hybridized carbons (Fsp3) is 0.250. The van der Waals surface area contributed by atoms with Crippen LogP contribution in [0.3, 0.4) is 0 Å². The molecule has 10 heteroatoms. The van der Waals surface area contributed by atoms with E-state index in [0.717, 1.165) is 0 Å². The second-order valence-electron chi connectivity index (χ2n) is 9.27. The highest BCUT2D eigenvalue weighted by atomic mass is 32.2. The molecule has 3 aromatic rings. The van der Waals surface area contributed by atoms with Crippen LogP contribution in [0, 0.1) is 25.7 Å². The molecule has 2 aromatic carbocycles. The molecule has 0 spiro atoms. The first-order chi connectivity index (χ1) is 17.8. The first kappa shape index (κ1) is 28.2. The molecule has 0 aliphatic rings. The van der Waals surface area contributed by atoms with Crippen molar-refractivity contribution in [3.8, 4) is 17.6 Å². The molecule has 0 unspecified atom stereocenters. The maximum atomic E-state index is 14.1. The summed E-state index contributed by atoms with van der Waals surface area (Å²) in [6.45, 7) is 8.39. The summed E-state index contributed by atoms with van der Waals surface area (Å²) in [5.41, 5.74) is 0.713. The minimum atomic E-state index is -4.52. The molecule has 1 N–H and O–H groups in total. The average molecular weight is 537 g/mol. The predicted molar refractivity (Wildman–Crippen MR) is 142 cm³/mol. The van der Waals surface area contributed by atoms with Crippen molar-refractivity contribution in [3.63, 3.8) is 0 Å². The van der Waals surface area contributed by atoms with Gasteiger partial charge in [0.1, 0.15) is 21.9 Å². The molecule has 1 aromatic heterocycles. The number of amides is 1. The molecule has 0 aliphatic heterocycles. The molecule has 0 saturated carbocycles. The second-order valence-corrected chi connectivity index (χ2v) is 11.0. The van der Waals surface area contributed by atoms with Crippen molar-refractivity contribution in [1.29, 1.82) is 0 Å². The van der Waals surface area contributed by atoms with Gasteiger partial charge in [0, 0.05) is 17.3 Å². The molecule has 9 nitrogen and oxygen atoms in total. The lowest BCUT2D eigenvalue weighted by molar-refractivity contribution is 0.0607. The summed E-state index contributed by atoms with van der Waals surface area (Å²) in [6, 6.07) is 11.9. The Bertz CT molecular complexity index is 1540. The van der Waals surface area contributed by atoms with E-state index in [0.29, 0.717) is 26.7 Å². The number of carboxylic acids is 1. The monoisotopic (exact) mass is 536 g/mol. The van der Waals surface area contributed by atoms with Crippen molar-refractivity contribution in [3.05, 3.63) is 82.7 Å². The molecular formula is C28H28N2O7S. The minimum Gasteiger partial charge on any atom is -0.496 e. The van der Waals surface area contributed by atoms with Gasteiger partial charge in [-0.05, 0) is 82.1 Å². The van der Waals surface area contributed by atoms with Crippen molar-refractivity contribution >= 4 is 27.8 Å². The number of hydrogen-bond acceptors (Lipinski definition) is 7. The van der Waals surface area contributed by atoms with Gasteiger partial charge in [0.25, 0.3) is 10.0 Å². The number of carboxylic acid groups (broad SMARTS) is 1. The van der Waals surface area contributed by atoms with E-state index < -0.39 is 27.7 Å². The van der Waals surface area contributed by atoms with Crippen LogP contribution in [0.1, 0.15) is 53.5 Å². The summed E-state index contributed by atoms with van der Waals surface area (Å²) in [4.78, 5) is 28.0. The molecule has 0 bridgehead atoms. The first-order valence-corrected chi connectivity index (χ1v) is 12.9. The van der Waals surface area contributed by atoms with E-state index in [9.17, 15) is 18.0 Å². The number of benzene rings is 2. The van der Waals surface area contributed by atoms with Crippen molar-refractivity contribution in [2.45, 2.75) is 45.1 Å². The second kappa shape index (κ2) is 10.9. The Morgan fingerprint density at radius 1 is 0.974 bits per heavy atom. The Kier molecular flexibility index (Phi) is 8.13. The molecule has 0 saturated heterocycles. The highest BCUT2D eigenvalue weighted by molar-refractivity contribution is 7.93. The number of sulfonamides is 1. The van der Waals surface area contributed by atoms with Gasteiger partial charge in [-0.2, -0.15) is 4.31 Å². The maximum Gasteiger partial charge on any atom is 0.429 e. The molecule has 0 fully saturated rings. The Balaban J connectivity index is 2.17. The van der Waals surface area contributed by atoms with Crippen LogP contribution < -0.4 is 9.04 Å². The Hall–Kier alpha value is -4.36. The minimum absolute atomic E-state index is 0.119. The van der Waals surface area contributed by atoms with E-state index in [1.165, 1.54) is 49.7 Å². The van der Waals surface area contributed by atoms with Crippen molar-refractivity contribution < 1.29 is 32.6 Å². The normalized spacial score (nSPS) is 11.2. The van der Waals surface area contributed by atoms with Crippen LogP contribution in [0.15, 0.2) is 59.6 Å². The zero-order chi connectivity index (χ0) is 28.3. The van der Waals surface area contributed by atoms with Crippen LogP contribution in [0.5, 0.6) is 5.75 Å². The summed E-state index contributed by atoms with van der Waals surface area (Å²) in [6.07, 6.45) is 0.214. The summed E-state index contributed by atoms with van der Waals surface area (Å²) in [5.74, 6) is 4.98.